The largest absolute Gasteiger partial charge is 0.495 e. The summed E-state index contributed by atoms with van der Waals surface area (Å²) in [4.78, 5) is 24.3. The van der Waals surface area contributed by atoms with E-state index in [0.717, 1.165) is 0 Å². The van der Waals surface area contributed by atoms with Gasteiger partial charge in [-0.3, -0.25) is 9.59 Å². The van der Waals surface area contributed by atoms with Gasteiger partial charge in [-0.05, 0) is 18.3 Å². The van der Waals surface area contributed by atoms with Crippen molar-refractivity contribution in [1.82, 2.24) is 0 Å². The second-order valence-electron chi connectivity index (χ2n) is 6.01. The van der Waals surface area contributed by atoms with Crippen LogP contribution in [0, 0.1) is 23.7 Å². The number of hydrogen-bond acceptors (Lipinski definition) is 4. The predicted molar refractivity (Wildman–Crippen MR) is 88.5 cm³/mol. The van der Waals surface area contributed by atoms with Crippen LogP contribution >= 0.6 is 11.6 Å². The number of amides is 1. The first-order chi connectivity index (χ1) is 11.5. The summed E-state index contributed by atoms with van der Waals surface area (Å²) in [6.07, 6.45) is 4.54. The second kappa shape index (κ2) is 6.36. The third kappa shape index (κ3) is 2.71. The molecular weight excluding hydrogens is 334 g/mol. The van der Waals surface area contributed by atoms with Crippen molar-refractivity contribution in [2.75, 3.05) is 19.5 Å². The van der Waals surface area contributed by atoms with Crippen LogP contribution in [-0.4, -0.2) is 31.2 Å². The molecule has 4 atom stereocenters. The fourth-order valence-electron chi connectivity index (χ4n) is 3.69. The Kier molecular flexibility index (Phi) is 4.41. The minimum atomic E-state index is -0.937. The fraction of sp³-hybridized carbons (Fsp3) is 0.412. The lowest BCUT2D eigenvalue weighted by Gasteiger charge is -2.24. The zero-order valence-corrected chi connectivity index (χ0v) is 14.0. The molecule has 0 aromatic heterocycles. The number of fused-ring (bicyclic) bond motifs is 2. The molecule has 6 nitrogen and oxygen atoms in total. The Labute approximate surface area is 144 Å². The number of methoxy groups -OCH3 is 2. The van der Waals surface area contributed by atoms with Gasteiger partial charge in [-0.2, -0.15) is 0 Å². The van der Waals surface area contributed by atoms with Crippen LogP contribution in [0.25, 0.3) is 0 Å². The minimum Gasteiger partial charge on any atom is -0.495 e. The molecule has 1 saturated carbocycles. The maximum atomic E-state index is 12.7. The van der Waals surface area contributed by atoms with Crippen LogP contribution in [0.15, 0.2) is 24.3 Å². The van der Waals surface area contributed by atoms with E-state index < -0.39 is 17.8 Å². The molecule has 0 saturated heterocycles. The van der Waals surface area contributed by atoms with Gasteiger partial charge in [-0.1, -0.05) is 23.8 Å². The lowest BCUT2D eigenvalue weighted by atomic mass is 9.82. The molecule has 2 bridgehead atoms. The number of benzene rings is 1. The van der Waals surface area contributed by atoms with Crippen molar-refractivity contribution < 1.29 is 24.2 Å². The summed E-state index contributed by atoms with van der Waals surface area (Å²) in [6.45, 7) is 0. The average Bonchev–Trinajstić information content (AvgIpc) is 3.16. The van der Waals surface area contributed by atoms with Crippen molar-refractivity contribution >= 4 is 29.2 Å². The Bertz CT molecular complexity index is 717. The third-order valence-electron chi connectivity index (χ3n) is 4.78. The van der Waals surface area contributed by atoms with Gasteiger partial charge in [-0.25, -0.2) is 0 Å². The number of halogens is 1. The lowest BCUT2D eigenvalue weighted by molar-refractivity contribution is -0.146. The van der Waals surface area contributed by atoms with Crippen LogP contribution < -0.4 is 14.8 Å². The van der Waals surface area contributed by atoms with Gasteiger partial charge in [0.25, 0.3) is 0 Å². The van der Waals surface area contributed by atoms with E-state index in [1.54, 1.807) is 12.1 Å². The molecule has 7 heteroatoms. The highest BCUT2D eigenvalue weighted by Gasteiger charge is 2.51. The van der Waals surface area contributed by atoms with Gasteiger partial charge in [0.1, 0.15) is 11.5 Å². The highest BCUT2D eigenvalue weighted by atomic mass is 35.5. The summed E-state index contributed by atoms with van der Waals surface area (Å²) in [5.74, 6) is -1.89. The van der Waals surface area contributed by atoms with Crippen LogP contribution in [0.1, 0.15) is 6.42 Å². The van der Waals surface area contributed by atoms with Gasteiger partial charge in [-0.15, -0.1) is 0 Å². The summed E-state index contributed by atoms with van der Waals surface area (Å²) in [7, 11) is 2.94. The molecule has 2 N–H and O–H groups in total. The van der Waals surface area contributed by atoms with Crippen molar-refractivity contribution in [1.29, 1.82) is 0 Å². The first-order valence-electron chi connectivity index (χ1n) is 7.59. The molecule has 2 aliphatic rings. The molecule has 128 valence electrons. The molecule has 1 fully saturated rings. The SMILES string of the molecule is COc1cc(NC(=O)[C@@H]2[C@H](C(=O)O)[C@H]3C=C[C@H]2C3)c(OC)cc1Cl. The van der Waals surface area contributed by atoms with E-state index in [1.807, 2.05) is 12.2 Å². The Morgan fingerprint density at radius 3 is 2.33 bits per heavy atom. The van der Waals surface area contributed by atoms with Gasteiger partial charge in [0.2, 0.25) is 5.91 Å². The Morgan fingerprint density at radius 1 is 1.12 bits per heavy atom. The van der Waals surface area contributed by atoms with Crippen molar-refractivity contribution in [3.8, 4) is 11.5 Å². The number of nitrogens with one attached hydrogen (secondary N) is 1. The maximum absolute atomic E-state index is 12.7. The van der Waals surface area contributed by atoms with E-state index in [-0.39, 0.29) is 17.7 Å². The summed E-state index contributed by atoms with van der Waals surface area (Å²) in [5.41, 5.74) is 0.402. The predicted octanol–water partition coefficient (Wildman–Crippen LogP) is 2.82. The smallest absolute Gasteiger partial charge is 0.307 e. The van der Waals surface area contributed by atoms with E-state index >= 15 is 0 Å². The molecule has 1 amide bonds. The number of allylic oxidation sites excluding steroid dienone is 2. The topological polar surface area (TPSA) is 84.9 Å². The van der Waals surface area contributed by atoms with Gasteiger partial charge in [0, 0.05) is 12.1 Å². The van der Waals surface area contributed by atoms with E-state index in [9.17, 15) is 14.7 Å². The average molecular weight is 352 g/mol. The van der Waals surface area contributed by atoms with Crippen molar-refractivity contribution in [2.24, 2.45) is 23.7 Å². The summed E-state index contributed by atoms with van der Waals surface area (Å²) in [5, 5.41) is 12.6. The number of carbonyl (C=O) groups excluding carboxylic acids is 1. The first-order valence-corrected chi connectivity index (χ1v) is 7.97. The molecule has 2 aliphatic carbocycles. The van der Waals surface area contributed by atoms with Crippen molar-refractivity contribution in [3.63, 3.8) is 0 Å². The number of rotatable bonds is 5. The highest BCUT2D eigenvalue weighted by Crippen LogP contribution is 2.48. The highest BCUT2D eigenvalue weighted by molar-refractivity contribution is 6.32. The second-order valence-corrected chi connectivity index (χ2v) is 6.42. The van der Waals surface area contributed by atoms with Crippen LogP contribution in [0.2, 0.25) is 5.02 Å². The van der Waals surface area contributed by atoms with E-state index in [4.69, 9.17) is 21.1 Å². The van der Waals surface area contributed by atoms with E-state index in [2.05, 4.69) is 5.32 Å². The molecule has 0 aliphatic heterocycles. The molecule has 3 rings (SSSR count). The van der Waals surface area contributed by atoms with Crippen LogP contribution in [0.4, 0.5) is 5.69 Å². The number of carboxylic acids is 1. The monoisotopic (exact) mass is 351 g/mol. The third-order valence-corrected chi connectivity index (χ3v) is 5.07. The van der Waals surface area contributed by atoms with Gasteiger partial charge < -0.3 is 19.9 Å². The number of hydrogen-bond donors (Lipinski definition) is 2. The lowest BCUT2D eigenvalue weighted by Crippen LogP contribution is -2.36. The number of carboxylic acid groups (broad SMARTS) is 1. The number of anilines is 1. The molecule has 0 unspecified atom stereocenters. The Balaban J connectivity index is 1.87. The molecular formula is C17H18ClNO5. The zero-order chi connectivity index (χ0) is 17.4. The van der Waals surface area contributed by atoms with Crippen LogP contribution in [-0.2, 0) is 9.59 Å². The summed E-state index contributed by atoms with van der Waals surface area (Å²) in [6, 6.07) is 3.11. The van der Waals surface area contributed by atoms with Gasteiger partial charge in [0.05, 0.1) is 36.8 Å². The van der Waals surface area contributed by atoms with E-state index in [1.165, 1.54) is 14.2 Å². The minimum absolute atomic E-state index is 0.0451. The van der Waals surface area contributed by atoms with Crippen molar-refractivity contribution in [3.05, 3.63) is 29.3 Å². The Morgan fingerprint density at radius 2 is 1.75 bits per heavy atom. The van der Waals surface area contributed by atoms with Gasteiger partial charge in [0.15, 0.2) is 0 Å². The Hall–Kier alpha value is -2.21. The number of carbonyl (C=O) groups is 2. The van der Waals surface area contributed by atoms with Crippen LogP contribution in [0.3, 0.4) is 0 Å². The summed E-state index contributed by atoms with van der Waals surface area (Å²) >= 11 is 6.06. The van der Waals surface area contributed by atoms with Gasteiger partial charge >= 0.3 is 5.97 Å². The quantitative estimate of drug-likeness (QED) is 0.797. The summed E-state index contributed by atoms with van der Waals surface area (Å²) < 4.78 is 10.4. The molecule has 1 aromatic rings. The van der Waals surface area contributed by atoms with E-state index in [0.29, 0.717) is 28.6 Å². The van der Waals surface area contributed by atoms with Crippen LogP contribution in [0.5, 0.6) is 11.5 Å². The first kappa shape index (κ1) is 16.6. The fourth-order valence-corrected chi connectivity index (χ4v) is 3.92. The maximum Gasteiger partial charge on any atom is 0.307 e. The zero-order valence-electron chi connectivity index (χ0n) is 13.3. The number of aliphatic carboxylic acids is 1. The molecule has 0 radical (unpaired) electrons. The van der Waals surface area contributed by atoms with Crippen molar-refractivity contribution in [2.45, 2.75) is 6.42 Å². The molecule has 24 heavy (non-hydrogen) atoms. The normalized spacial score (nSPS) is 27.1. The number of ether oxygens (including phenoxy) is 2. The molecule has 0 heterocycles. The molecule has 1 aromatic carbocycles. The molecule has 0 spiro atoms. The standard InChI is InChI=1S/C17H18ClNO5/c1-23-12-7-11(13(24-2)6-10(12)18)19-16(20)14-8-3-4-9(5-8)15(14)17(21)22/h3-4,6-9,14-15H,5H2,1-2H3,(H,19,20)(H,21,22)/t8-,9-,14-,15+/m0/s1.